The third-order valence-corrected chi connectivity index (χ3v) is 2.52. The number of allylic oxidation sites excluding steroid dienone is 1. The van der Waals surface area contributed by atoms with Gasteiger partial charge < -0.3 is 5.32 Å². The number of hydrogen-bond acceptors (Lipinski definition) is 2. The van der Waals surface area contributed by atoms with Crippen LogP contribution in [0.2, 0.25) is 0 Å². The van der Waals surface area contributed by atoms with E-state index in [-0.39, 0.29) is 0 Å². The van der Waals surface area contributed by atoms with Crippen LogP contribution in [0.15, 0.2) is 11.8 Å². The van der Waals surface area contributed by atoms with E-state index in [2.05, 4.69) is 21.7 Å². The fourth-order valence-electron chi connectivity index (χ4n) is 1.78. The lowest BCUT2D eigenvalue weighted by molar-refractivity contribution is -0.465. The molecule has 0 bridgehead atoms. The second kappa shape index (κ2) is 4.30. The standard InChI is InChI=1S/C10H17N3/c1-2-5-11-9(4-1)8-10-12-6-3-7-13-10/h4,11H,1-3,5-8H2,(H,12,13)/p+1. The molecule has 0 saturated carbocycles. The normalized spacial score (nSPS) is 22.5. The first-order chi connectivity index (χ1) is 6.45. The molecule has 0 unspecified atom stereocenters. The molecule has 2 aliphatic heterocycles. The van der Waals surface area contributed by atoms with Crippen molar-refractivity contribution in [3.8, 4) is 0 Å². The maximum absolute atomic E-state index is 3.43. The monoisotopic (exact) mass is 180 g/mol. The van der Waals surface area contributed by atoms with Crippen molar-refractivity contribution in [2.45, 2.75) is 25.7 Å². The Bertz CT molecular complexity index is 206. The van der Waals surface area contributed by atoms with Crippen LogP contribution in [0.5, 0.6) is 0 Å². The molecule has 0 aromatic heterocycles. The Balaban J connectivity index is 1.88. The van der Waals surface area contributed by atoms with Crippen LogP contribution in [0, 0.1) is 0 Å². The van der Waals surface area contributed by atoms with Crippen LogP contribution < -0.4 is 15.6 Å². The smallest absolute Gasteiger partial charge is 0.248 e. The molecule has 0 atom stereocenters. The van der Waals surface area contributed by atoms with Gasteiger partial charge in [-0.15, -0.1) is 0 Å². The molecule has 2 heterocycles. The summed E-state index contributed by atoms with van der Waals surface area (Å²) in [5.41, 5.74) is 1.38. The minimum Gasteiger partial charge on any atom is -0.388 e. The number of nitrogens with one attached hydrogen (secondary N) is 3. The molecule has 0 fully saturated rings. The van der Waals surface area contributed by atoms with Gasteiger partial charge in [-0.05, 0) is 12.8 Å². The molecular weight excluding hydrogens is 162 g/mol. The Labute approximate surface area is 79.3 Å². The highest BCUT2D eigenvalue weighted by atomic mass is 15.0. The average molecular weight is 180 g/mol. The second-order valence-corrected chi connectivity index (χ2v) is 3.66. The number of rotatable bonds is 2. The van der Waals surface area contributed by atoms with Crippen LogP contribution in [0.3, 0.4) is 0 Å². The minimum atomic E-state index is 1.03. The zero-order chi connectivity index (χ0) is 8.93. The van der Waals surface area contributed by atoms with Gasteiger partial charge in [0, 0.05) is 18.7 Å². The van der Waals surface area contributed by atoms with Crippen molar-refractivity contribution in [1.29, 1.82) is 0 Å². The SMILES string of the molecule is C1=C(CC2=[NH+]CCCN2)NCCC1. The average Bonchev–Trinajstić information content (AvgIpc) is 2.21. The molecule has 0 amide bonds. The van der Waals surface area contributed by atoms with E-state index >= 15 is 0 Å². The highest BCUT2D eigenvalue weighted by molar-refractivity contribution is 5.79. The van der Waals surface area contributed by atoms with Gasteiger partial charge in [-0.2, -0.15) is 0 Å². The van der Waals surface area contributed by atoms with Crippen LogP contribution in [-0.4, -0.2) is 25.5 Å². The molecular formula is C10H18N3+. The largest absolute Gasteiger partial charge is 0.388 e. The summed E-state index contributed by atoms with van der Waals surface area (Å²) in [6.45, 7) is 3.38. The minimum absolute atomic E-state index is 1.03. The molecule has 0 spiro atoms. The Morgan fingerprint density at radius 3 is 2.85 bits per heavy atom. The fourth-order valence-corrected chi connectivity index (χ4v) is 1.78. The summed E-state index contributed by atoms with van der Waals surface area (Å²) < 4.78 is 0. The molecule has 0 aromatic carbocycles. The molecule has 3 N–H and O–H groups in total. The fraction of sp³-hybridized carbons (Fsp3) is 0.700. The summed E-state index contributed by atoms with van der Waals surface area (Å²) in [5.74, 6) is 1.28. The summed E-state index contributed by atoms with van der Waals surface area (Å²) in [4.78, 5) is 3.39. The van der Waals surface area contributed by atoms with Gasteiger partial charge in [0.2, 0.25) is 5.84 Å². The molecule has 0 aliphatic carbocycles. The van der Waals surface area contributed by atoms with Gasteiger partial charge in [0.1, 0.15) is 0 Å². The first-order valence-corrected chi connectivity index (χ1v) is 5.21. The lowest BCUT2D eigenvalue weighted by Gasteiger charge is -2.16. The van der Waals surface area contributed by atoms with Gasteiger partial charge in [0.25, 0.3) is 0 Å². The molecule has 0 aromatic rings. The zero-order valence-electron chi connectivity index (χ0n) is 8.03. The molecule has 0 saturated heterocycles. The van der Waals surface area contributed by atoms with Crippen LogP contribution in [0.4, 0.5) is 0 Å². The van der Waals surface area contributed by atoms with E-state index in [0.717, 1.165) is 26.1 Å². The van der Waals surface area contributed by atoms with Gasteiger partial charge >= 0.3 is 0 Å². The highest BCUT2D eigenvalue weighted by Crippen LogP contribution is 2.06. The van der Waals surface area contributed by atoms with E-state index in [1.54, 1.807) is 0 Å². The Morgan fingerprint density at radius 1 is 1.23 bits per heavy atom. The third kappa shape index (κ3) is 2.47. The van der Waals surface area contributed by atoms with Gasteiger partial charge in [-0.1, -0.05) is 6.08 Å². The maximum atomic E-state index is 3.43. The summed E-state index contributed by atoms with van der Waals surface area (Å²) in [7, 11) is 0. The Kier molecular flexibility index (Phi) is 2.85. The van der Waals surface area contributed by atoms with Crippen LogP contribution in [-0.2, 0) is 0 Å². The Morgan fingerprint density at radius 2 is 2.15 bits per heavy atom. The van der Waals surface area contributed by atoms with E-state index in [9.17, 15) is 0 Å². The molecule has 13 heavy (non-hydrogen) atoms. The van der Waals surface area contributed by atoms with E-state index in [4.69, 9.17) is 0 Å². The van der Waals surface area contributed by atoms with Gasteiger partial charge in [-0.3, -0.25) is 10.3 Å². The van der Waals surface area contributed by atoms with Crippen molar-refractivity contribution >= 4 is 5.84 Å². The van der Waals surface area contributed by atoms with Crippen molar-refractivity contribution in [2.75, 3.05) is 19.6 Å². The molecule has 3 heteroatoms. The summed E-state index contributed by atoms with van der Waals surface area (Å²) in [6.07, 6.45) is 7.08. The molecule has 3 nitrogen and oxygen atoms in total. The number of amidine groups is 1. The lowest BCUT2D eigenvalue weighted by atomic mass is 10.1. The van der Waals surface area contributed by atoms with Crippen molar-refractivity contribution in [2.24, 2.45) is 0 Å². The van der Waals surface area contributed by atoms with E-state index < -0.39 is 0 Å². The van der Waals surface area contributed by atoms with Crippen LogP contribution in [0.25, 0.3) is 0 Å². The van der Waals surface area contributed by atoms with E-state index in [0.29, 0.717) is 0 Å². The highest BCUT2D eigenvalue weighted by Gasteiger charge is 2.13. The number of hydrogen-bond donors (Lipinski definition) is 3. The Hall–Kier alpha value is -0.990. The second-order valence-electron chi connectivity index (χ2n) is 3.66. The van der Waals surface area contributed by atoms with Crippen molar-refractivity contribution < 1.29 is 4.99 Å². The lowest BCUT2D eigenvalue weighted by Crippen LogP contribution is -2.79. The predicted molar refractivity (Wildman–Crippen MR) is 53.4 cm³/mol. The predicted octanol–water partition coefficient (Wildman–Crippen LogP) is -0.884. The molecule has 0 radical (unpaired) electrons. The third-order valence-electron chi connectivity index (χ3n) is 2.52. The van der Waals surface area contributed by atoms with Gasteiger partial charge in [-0.25, -0.2) is 0 Å². The molecule has 72 valence electrons. The first kappa shape index (κ1) is 8.60. The first-order valence-electron chi connectivity index (χ1n) is 5.21. The van der Waals surface area contributed by atoms with Crippen molar-refractivity contribution in [3.63, 3.8) is 0 Å². The summed E-state index contributed by atoms with van der Waals surface area (Å²) in [6, 6.07) is 0. The van der Waals surface area contributed by atoms with Gasteiger partial charge in [0.05, 0.1) is 19.5 Å². The van der Waals surface area contributed by atoms with Crippen molar-refractivity contribution in [3.05, 3.63) is 11.8 Å². The topological polar surface area (TPSA) is 38.0 Å². The molecule has 2 rings (SSSR count). The van der Waals surface area contributed by atoms with Gasteiger partial charge in [0.15, 0.2) is 0 Å². The molecule has 2 aliphatic rings. The van der Waals surface area contributed by atoms with E-state index in [1.165, 1.54) is 30.8 Å². The maximum Gasteiger partial charge on any atom is 0.248 e. The van der Waals surface area contributed by atoms with E-state index in [1.807, 2.05) is 0 Å². The summed E-state index contributed by atoms with van der Waals surface area (Å²) in [5, 5.41) is 6.82. The quantitative estimate of drug-likeness (QED) is 0.516. The summed E-state index contributed by atoms with van der Waals surface area (Å²) >= 11 is 0. The van der Waals surface area contributed by atoms with Crippen LogP contribution in [0.1, 0.15) is 25.7 Å². The zero-order valence-corrected chi connectivity index (χ0v) is 8.03. The van der Waals surface area contributed by atoms with Crippen molar-refractivity contribution in [1.82, 2.24) is 10.6 Å². The van der Waals surface area contributed by atoms with Crippen LogP contribution >= 0.6 is 0 Å².